The van der Waals surface area contributed by atoms with Gasteiger partial charge in [0.05, 0.1) is 5.41 Å². The summed E-state index contributed by atoms with van der Waals surface area (Å²) < 4.78 is 0. The number of aromatic amines is 1. The van der Waals surface area contributed by atoms with Gasteiger partial charge in [0, 0.05) is 24.3 Å². The molecule has 1 aliphatic heterocycles. The summed E-state index contributed by atoms with van der Waals surface area (Å²) in [5.74, 6) is 0.111. The van der Waals surface area contributed by atoms with Crippen molar-refractivity contribution in [2.75, 3.05) is 6.54 Å². The predicted octanol–water partition coefficient (Wildman–Crippen LogP) is 1.65. The lowest BCUT2D eigenvalue weighted by molar-refractivity contribution is -0.123. The van der Waals surface area contributed by atoms with E-state index in [1.54, 1.807) is 0 Å². The number of hydrogen-bond donors (Lipinski definition) is 2. The van der Waals surface area contributed by atoms with Crippen molar-refractivity contribution in [2.24, 2.45) is 0 Å². The van der Waals surface area contributed by atoms with Gasteiger partial charge in [-0.3, -0.25) is 4.79 Å². The van der Waals surface area contributed by atoms with E-state index >= 15 is 0 Å². The van der Waals surface area contributed by atoms with Crippen LogP contribution in [0.25, 0.3) is 11.0 Å². The number of hydrogen-bond acceptors (Lipinski definition) is 2. The summed E-state index contributed by atoms with van der Waals surface area (Å²) in [6, 6.07) is 2.09. The van der Waals surface area contributed by atoms with Crippen molar-refractivity contribution in [2.45, 2.75) is 25.7 Å². The van der Waals surface area contributed by atoms with Crippen molar-refractivity contribution in [1.29, 1.82) is 0 Å². The van der Waals surface area contributed by atoms with E-state index in [1.807, 2.05) is 26.2 Å². The van der Waals surface area contributed by atoms with Gasteiger partial charge in [-0.25, -0.2) is 4.98 Å². The molecule has 88 valence electrons. The highest BCUT2D eigenvalue weighted by molar-refractivity contribution is 5.95. The first-order valence-electron chi connectivity index (χ1n) is 5.84. The molecule has 0 bridgehead atoms. The number of carbonyl (C=O) groups is 1. The number of rotatable bonds is 1. The Morgan fingerprint density at radius 1 is 1.47 bits per heavy atom. The maximum atomic E-state index is 12.0. The number of nitrogens with zero attached hydrogens (tertiary/aromatic N) is 1. The predicted molar refractivity (Wildman–Crippen MR) is 65.8 cm³/mol. The van der Waals surface area contributed by atoms with Gasteiger partial charge in [-0.15, -0.1) is 0 Å². The monoisotopic (exact) mass is 229 g/mol. The first-order chi connectivity index (χ1) is 8.11. The van der Waals surface area contributed by atoms with Gasteiger partial charge in [0.1, 0.15) is 5.65 Å². The minimum atomic E-state index is -0.423. The Labute approximate surface area is 99.4 Å². The quantitative estimate of drug-likeness (QED) is 0.781. The van der Waals surface area contributed by atoms with E-state index in [0.717, 1.165) is 35.1 Å². The number of fused-ring (bicyclic) bond motifs is 1. The summed E-state index contributed by atoms with van der Waals surface area (Å²) in [6.45, 7) is 4.77. The molecule has 2 aromatic rings. The van der Waals surface area contributed by atoms with Gasteiger partial charge >= 0.3 is 0 Å². The first-order valence-corrected chi connectivity index (χ1v) is 5.84. The van der Waals surface area contributed by atoms with E-state index in [0.29, 0.717) is 0 Å². The maximum absolute atomic E-state index is 12.0. The largest absolute Gasteiger partial charge is 0.355 e. The number of aromatic nitrogens is 2. The zero-order valence-electron chi connectivity index (χ0n) is 10.0. The summed E-state index contributed by atoms with van der Waals surface area (Å²) in [6.07, 6.45) is 4.59. The van der Waals surface area contributed by atoms with Crippen molar-refractivity contribution in [3.63, 3.8) is 0 Å². The van der Waals surface area contributed by atoms with Gasteiger partial charge in [0.25, 0.3) is 0 Å². The van der Waals surface area contributed by atoms with Crippen LogP contribution in [0.15, 0.2) is 18.5 Å². The van der Waals surface area contributed by atoms with E-state index in [-0.39, 0.29) is 5.91 Å². The molecule has 3 rings (SSSR count). The van der Waals surface area contributed by atoms with Crippen LogP contribution >= 0.6 is 0 Å². The molecule has 1 amide bonds. The number of carbonyl (C=O) groups excluding carboxylic acids is 1. The van der Waals surface area contributed by atoms with Gasteiger partial charge in [-0.05, 0) is 37.5 Å². The Balaban J connectivity index is 2.24. The Bertz CT molecular complexity index is 602. The van der Waals surface area contributed by atoms with Crippen LogP contribution in [0.4, 0.5) is 0 Å². The third-order valence-corrected chi connectivity index (χ3v) is 3.67. The van der Waals surface area contributed by atoms with Crippen LogP contribution in [-0.2, 0) is 10.2 Å². The number of nitrogens with one attached hydrogen (secondary N) is 2. The molecule has 0 radical (unpaired) electrons. The molecule has 1 saturated heterocycles. The Morgan fingerprint density at radius 3 is 3.00 bits per heavy atom. The second-order valence-corrected chi connectivity index (χ2v) is 4.95. The van der Waals surface area contributed by atoms with Crippen LogP contribution < -0.4 is 5.32 Å². The summed E-state index contributed by atoms with van der Waals surface area (Å²) in [5.41, 5.74) is 2.60. The fourth-order valence-electron chi connectivity index (χ4n) is 2.56. The van der Waals surface area contributed by atoms with Crippen LogP contribution in [0.5, 0.6) is 0 Å². The summed E-state index contributed by atoms with van der Waals surface area (Å²) in [7, 11) is 0. The topological polar surface area (TPSA) is 57.8 Å². The van der Waals surface area contributed by atoms with E-state index in [4.69, 9.17) is 0 Å². The van der Waals surface area contributed by atoms with Crippen LogP contribution in [0.1, 0.15) is 24.5 Å². The molecule has 2 N–H and O–H groups in total. The number of aryl methyl sites for hydroxylation is 1. The Morgan fingerprint density at radius 2 is 2.29 bits per heavy atom. The molecule has 0 spiro atoms. The highest BCUT2D eigenvalue weighted by Crippen LogP contribution is 2.35. The minimum absolute atomic E-state index is 0.111. The van der Waals surface area contributed by atoms with Crippen molar-refractivity contribution < 1.29 is 4.79 Å². The third-order valence-electron chi connectivity index (χ3n) is 3.67. The normalized spacial score (nSPS) is 24.2. The molecule has 1 fully saturated rings. The molecule has 1 unspecified atom stereocenters. The van der Waals surface area contributed by atoms with Gasteiger partial charge in [0.2, 0.25) is 5.91 Å². The molecule has 4 nitrogen and oxygen atoms in total. The Kier molecular flexibility index (Phi) is 2.02. The molecule has 0 aromatic carbocycles. The molecule has 3 heterocycles. The second kappa shape index (κ2) is 3.32. The maximum Gasteiger partial charge on any atom is 0.230 e. The lowest BCUT2D eigenvalue weighted by Gasteiger charge is -2.19. The van der Waals surface area contributed by atoms with E-state index in [2.05, 4.69) is 21.4 Å². The van der Waals surface area contributed by atoms with Crippen molar-refractivity contribution in [1.82, 2.24) is 15.3 Å². The molecule has 2 aromatic heterocycles. The summed E-state index contributed by atoms with van der Waals surface area (Å²) in [5, 5.41) is 3.96. The molecule has 0 saturated carbocycles. The molecule has 1 atom stereocenters. The van der Waals surface area contributed by atoms with Gasteiger partial charge in [-0.2, -0.15) is 0 Å². The fourth-order valence-corrected chi connectivity index (χ4v) is 2.56. The zero-order valence-corrected chi connectivity index (χ0v) is 10.0. The first kappa shape index (κ1) is 10.3. The number of H-pyrrole nitrogens is 1. The number of amides is 1. The Hall–Kier alpha value is -1.84. The highest BCUT2D eigenvalue weighted by atomic mass is 16.2. The van der Waals surface area contributed by atoms with Gasteiger partial charge < -0.3 is 10.3 Å². The molecule has 17 heavy (non-hydrogen) atoms. The molecule has 4 heteroatoms. The second-order valence-electron chi connectivity index (χ2n) is 4.95. The van der Waals surface area contributed by atoms with Crippen LogP contribution in [-0.4, -0.2) is 22.4 Å². The van der Waals surface area contributed by atoms with E-state index < -0.39 is 5.41 Å². The summed E-state index contributed by atoms with van der Waals surface area (Å²) >= 11 is 0. The van der Waals surface area contributed by atoms with Crippen LogP contribution in [0, 0.1) is 6.92 Å². The third kappa shape index (κ3) is 1.37. The summed E-state index contributed by atoms with van der Waals surface area (Å²) in [4.78, 5) is 19.5. The smallest absolute Gasteiger partial charge is 0.230 e. The van der Waals surface area contributed by atoms with E-state index in [1.165, 1.54) is 0 Å². The minimum Gasteiger partial charge on any atom is -0.355 e. The van der Waals surface area contributed by atoms with Crippen molar-refractivity contribution in [3.05, 3.63) is 29.6 Å². The average Bonchev–Trinajstić information content (AvgIpc) is 2.84. The van der Waals surface area contributed by atoms with Gasteiger partial charge in [0.15, 0.2) is 0 Å². The molecular formula is C13H15N3O. The van der Waals surface area contributed by atoms with E-state index in [9.17, 15) is 4.79 Å². The lowest BCUT2D eigenvalue weighted by Crippen LogP contribution is -2.32. The zero-order chi connectivity index (χ0) is 12.0. The van der Waals surface area contributed by atoms with Gasteiger partial charge in [-0.1, -0.05) is 0 Å². The molecular weight excluding hydrogens is 214 g/mol. The fraction of sp³-hybridized carbons (Fsp3) is 0.385. The van der Waals surface area contributed by atoms with Crippen LogP contribution in [0.2, 0.25) is 0 Å². The SMILES string of the molecule is Cc1cnc2[nH]cc(C3(C)CCNC3=O)c2c1. The lowest BCUT2D eigenvalue weighted by atomic mass is 9.81. The molecule has 1 aliphatic rings. The van der Waals surface area contributed by atoms with Crippen molar-refractivity contribution >= 4 is 16.9 Å². The van der Waals surface area contributed by atoms with Crippen LogP contribution in [0.3, 0.4) is 0 Å². The number of pyridine rings is 1. The standard InChI is InChI=1S/C13H15N3O/c1-8-5-9-10(7-16-11(9)15-6-8)13(2)3-4-14-12(13)17/h5-7H,3-4H2,1-2H3,(H,14,17)(H,15,16). The average molecular weight is 229 g/mol. The molecule has 0 aliphatic carbocycles. The highest BCUT2D eigenvalue weighted by Gasteiger charge is 2.40. The van der Waals surface area contributed by atoms with Crippen molar-refractivity contribution in [3.8, 4) is 0 Å².